The minimum Gasteiger partial charge on any atom is -0.328 e. The molecule has 0 radical (unpaired) electrons. The molecule has 0 bridgehead atoms. The second-order valence-electron chi connectivity index (χ2n) is 4.63. The first kappa shape index (κ1) is 14.2. The Morgan fingerprint density at radius 1 is 1.21 bits per heavy atom. The summed E-state index contributed by atoms with van der Waals surface area (Å²) in [6.45, 7) is 5.64. The predicted molar refractivity (Wildman–Crippen MR) is 72.6 cm³/mol. The molecule has 2 rings (SSSR count). The maximum atomic E-state index is 12.3. The van der Waals surface area contributed by atoms with Crippen LogP contribution in [0.15, 0.2) is 28.0 Å². The third-order valence-electron chi connectivity index (χ3n) is 3.26. The second kappa shape index (κ2) is 5.85. The Morgan fingerprint density at radius 2 is 1.89 bits per heavy atom. The molecule has 0 amide bonds. The molecule has 0 aliphatic carbocycles. The lowest BCUT2D eigenvalue weighted by atomic mass is 10.3. The predicted octanol–water partition coefficient (Wildman–Crippen LogP) is 0.0912. The summed E-state index contributed by atoms with van der Waals surface area (Å²) in [5.41, 5.74) is -0.299. The fraction of sp³-hybridized carbons (Fsp3) is 0.583. The summed E-state index contributed by atoms with van der Waals surface area (Å²) < 4.78 is 26.2. The third kappa shape index (κ3) is 3.23. The van der Waals surface area contributed by atoms with Crippen LogP contribution in [-0.2, 0) is 10.0 Å². The summed E-state index contributed by atoms with van der Waals surface area (Å²) in [5.74, 6) is 0. The number of pyridine rings is 1. The van der Waals surface area contributed by atoms with Crippen molar-refractivity contribution in [2.45, 2.75) is 18.2 Å². The lowest BCUT2D eigenvalue weighted by Crippen LogP contribution is -2.48. The van der Waals surface area contributed by atoms with Gasteiger partial charge in [-0.25, -0.2) is 8.42 Å². The van der Waals surface area contributed by atoms with E-state index in [1.54, 1.807) is 0 Å². The summed E-state index contributed by atoms with van der Waals surface area (Å²) >= 11 is 0. The zero-order valence-electron chi connectivity index (χ0n) is 11.0. The van der Waals surface area contributed by atoms with Gasteiger partial charge in [0.05, 0.1) is 4.90 Å². The van der Waals surface area contributed by atoms with Crippen LogP contribution in [0.25, 0.3) is 0 Å². The van der Waals surface area contributed by atoms with Crippen molar-refractivity contribution in [2.75, 3.05) is 32.7 Å². The maximum absolute atomic E-state index is 12.3. The molecule has 1 N–H and O–H groups in total. The third-order valence-corrected chi connectivity index (χ3v) is 5.16. The number of hydrogen-bond acceptors (Lipinski definition) is 4. The number of rotatable bonds is 4. The molecule has 1 fully saturated rings. The van der Waals surface area contributed by atoms with E-state index in [0.717, 1.165) is 26.1 Å². The first-order valence-corrected chi connectivity index (χ1v) is 7.89. The molecule has 0 unspecified atom stereocenters. The number of hydrogen-bond donors (Lipinski definition) is 1. The largest absolute Gasteiger partial charge is 0.328 e. The van der Waals surface area contributed by atoms with Gasteiger partial charge in [-0.05, 0) is 19.0 Å². The van der Waals surface area contributed by atoms with Gasteiger partial charge in [0.15, 0.2) is 0 Å². The summed E-state index contributed by atoms with van der Waals surface area (Å²) in [4.78, 5) is 15.8. The highest BCUT2D eigenvalue weighted by molar-refractivity contribution is 7.89. The number of aromatic nitrogens is 1. The molecule has 106 valence electrons. The molecule has 1 aliphatic heterocycles. The van der Waals surface area contributed by atoms with Crippen LogP contribution in [0.4, 0.5) is 0 Å². The van der Waals surface area contributed by atoms with Crippen molar-refractivity contribution in [1.82, 2.24) is 14.2 Å². The molecule has 1 aromatic heterocycles. The number of H-pyrrole nitrogens is 1. The average Bonchev–Trinajstić information content (AvgIpc) is 2.40. The number of nitrogens with one attached hydrogen (secondary N) is 1. The van der Waals surface area contributed by atoms with Crippen molar-refractivity contribution in [3.63, 3.8) is 0 Å². The highest BCUT2D eigenvalue weighted by atomic mass is 32.2. The van der Waals surface area contributed by atoms with Crippen LogP contribution in [-0.4, -0.2) is 55.3 Å². The van der Waals surface area contributed by atoms with Crippen LogP contribution in [0, 0.1) is 0 Å². The van der Waals surface area contributed by atoms with Crippen molar-refractivity contribution in [1.29, 1.82) is 0 Å². The van der Waals surface area contributed by atoms with E-state index in [9.17, 15) is 13.2 Å². The van der Waals surface area contributed by atoms with Crippen molar-refractivity contribution in [3.05, 3.63) is 28.7 Å². The van der Waals surface area contributed by atoms with Gasteiger partial charge in [0.1, 0.15) is 0 Å². The van der Waals surface area contributed by atoms with Crippen molar-refractivity contribution in [3.8, 4) is 0 Å². The minimum absolute atomic E-state index is 0.149. The van der Waals surface area contributed by atoms with Gasteiger partial charge in [0.2, 0.25) is 15.6 Å². The van der Waals surface area contributed by atoms with E-state index in [2.05, 4.69) is 16.8 Å². The first-order valence-electron chi connectivity index (χ1n) is 6.45. The Bertz CT molecular complexity index is 554. The smallest absolute Gasteiger partial charge is 0.247 e. The van der Waals surface area contributed by atoms with E-state index in [0.29, 0.717) is 13.1 Å². The Balaban J connectivity index is 2.09. The topological polar surface area (TPSA) is 73.5 Å². The molecule has 0 atom stereocenters. The van der Waals surface area contributed by atoms with E-state index in [1.165, 1.54) is 22.6 Å². The van der Waals surface area contributed by atoms with E-state index >= 15 is 0 Å². The van der Waals surface area contributed by atoms with Crippen LogP contribution in [0.5, 0.6) is 0 Å². The standard InChI is InChI=1S/C12H19N3O3S/c1-2-5-14-6-8-15(9-7-14)19(17,18)11-3-4-12(16)13-10-11/h3-4,10H,2,5-9H2,1H3,(H,13,16). The number of aromatic amines is 1. The van der Waals surface area contributed by atoms with Gasteiger partial charge in [0.25, 0.3) is 0 Å². The first-order chi connectivity index (χ1) is 9.04. The van der Waals surface area contributed by atoms with E-state index in [1.807, 2.05) is 0 Å². The van der Waals surface area contributed by atoms with E-state index < -0.39 is 10.0 Å². The molecule has 1 aliphatic rings. The SMILES string of the molecule is CCCN1CCN(S(=O)(=O)c2ccc(=O)[nH]c2)CC1. The molecule has 19 heavy (non-hydrogen) atoms. The summed E-state index contributed by atoms with van der Waals surface area (Å²) in [5, 5.41) is 0. The van der Waals surface area contributed by atoms with Gasteiger partial charge < -0.3 is 9.88 Å². The van der Waals surface area contributed by atoms with Crippen LogP contribution in [0.3, 0.4) is 0 Å². The average molecular weight is 285 g/mol. The quantitative estimate of drug-likeness (QED) is 0.851. The Kier molecular flexibility index (Phi) is 4.38. The summed E-state index contributed by atoms with van der Waals surface area (Å²) in [7, 11) is -3.48. The lowest BCUT2D eigenvalue weighted by Gasteiger charge is -2.33. The van der Waals surface area contributed by atoms with Crippen molar-refractivity contribution < 1.29 is 8.42 Å². The minimum atomic E-state index is -3.48. The Hall–Kier alpha value is -1.18. The lowest BCUT2D eigenvalue weighted by molar-refractivity contribution is 0.188. The molecule has 0 spiro atoms. The van der Waals surface area contributed by atoms with Crippen LogP contribution >= 0.6 is 0 Å². The van der Waals surface area contributed by atoms with Crippen molar-refractivity contribution >= 4 is 10.0 Å². The normalized spacial score (nSPS) is 18.6. The fourth-order valence-corrected chi connectivity index (χ4v) is 3.61. The van der Waals surface area contributed by atoms with Crippen LogP contribution < -0.4 is 5.56 Å². The van der Waals surface area contributed by atoms with E-state index in [4.69, 9.17) is 0 Å². The summed E-state index contributed by atoms with van der Waals surface area (Å²) in [6, 6.07) is 2.59. The zero-order valence-corrected chi connectivity index (χ0v) is 11.8. The molecular formula is C12H19N3O3S. The zero-order chi connectivity index (χ0) is 13.9. The second-order valence-corrected chi connectivity index (χ2v) is 6.57. The molecule has 0 aromatic carbocycles. The van der Waals surface area contributed by atoms with Crippen LogP contribution in [0.1, 0.15) is 13.3 Å². The number of piperazine rings is 1. The molecule has 6 nitrogen and oxygen atoms in total. The van der Waals surface area contributed by atoms with E-state index in [-0.39, 0.29) is 10.5 Å². The molecule has 2 heterocycles. The molecule has 7 heteroatoms. The Morgan fingerprint density at radius 3 is 2.42 bits per heavy atom. The monoisotopic (exact) mass is 285 g/mol. The Labute approximate surface area is 113 Å². The molecule has 0 saturated carbocycles. The van der Waals surface area contributed by atoms with Gasteiger partial charge in [0, 0.05) is 38.4 Å². The van der Waals surface area contributed by atoms with Gasteiger partial charge in [-0.15, -0.1) is 0 Å². The summed E-state index contributed by atoms with van der Waals surface area (Å²) in [6.07, 6.45) is 2.34. The molecular weight excluding hydrogens is 266 g/mol. The fourth-order valence-electron chi connectivity index (χ4n) is 2.22. The van der Waals surface area contributed by atoms with Gasteiger partial charge >= 0.3 is 0 Å². The van der Waals surface area contributed by atoms with Crippen LogP contribution in [0.2, 0.25) is 0 Å². The van der Waals surface area contributed by atoms with Gasteiger partial charge in [-0.3, -0.25) is 4.79 Å². The highest BCUT2D eigenvalue weighted by Crippen LogP contribution is 2.15. The van der Waals surface area contributed by atoms with Gasteiger partial charge in [-0.1, -0.05) is 6.92 Å². The molecule has 1 aromatic rings. The number of sulfonamides is 1. The maximum Gasteiger partial charge on any atom is 0.247 e. The highest BCUT2D eigenvalue weighted by Gasteiger charge is 2.28. The van der Waals surface area contributed by atoms with Crippen molar-refractivity contribution in [2.24, 2.45) is 0 Å². The number of nitrogens with zero attached hydrogens (tertiary/aromatic N) is 2. The molecule has 1 saturated heterocycles. The van der Waals surface area contributed by atoms with Gasteiger partial charge in [-0.2, -0.15) is 4.31 Å².